The van der Waals surface area contributed by atoms with Crippen LogP contribution in [-0.4, -0.2) is 32.6 Å². The van der Waals surface area contributed by atoms with Crippen LogP contribution in [0.2, 0.25) is 0 Å². The van der Waals surface area contributed by atoms with Crippen molar-refractivity contribution in [2.24, 2.45) is 7.05 Å². The zero-order chi connectivity index (χ0) is 13.2. The zero-order valence-corrected chi connectivity index (χ0v) is 11.4. The molecule has 1 aliphatic rings. The molecule has 5 nitrogen and oxygen atoms in total. The maximum absolute atomic E-state index is 4.78. The summed E-state index contributed by atoms with van der Waals surface area (Å²) in [5.41, 5.74) is 3.02. The van der Waals surface area contributed by atoms with Gasteiger partial charge in [-0.05, 0) is 26.3 Å². The molecule has 0 radical (unpaired) electrons. The number of piperidine rings is 1. The molecule has 5 heteroatoms. The molecule has 0 amide bonds. The summed E-state index contributed by atoms with van der Waals surface area (Å²) in [6, 6.07) is 0. The molecule has 100 valence electrons. The van der Waals surface area contributed by atoms with Crippen molar-refractivity contribution in [2.45, 2.75) is 25.7 Å². The third-order valence-corrected chi connectivity index (χ3v) is 3.85. The molecule has 3 heterocycles. The Hall–Kier alpha value is -1.75. The van der Waals surface area contributed by atoms with Crippen molar-refractivity contribution in [2.75, 3.05) is 13.1 Å². The van der Waals surface area contributed by atoms with Crippen LogP contribution < -0.4 is 5.32 Å². The van der Waals surface area contributed by atoms with Crippen molar-refractivity contribution in [1.82, 2.24) is 24.8 Å². The van der Waals surface area contributed by atoms with Gasteiger partial charge in [-0.3, -0.25) is 4.98 Å². The van der Waals surface area contributed by atoms with Crippen LogP contribution in [0.15, 0.2) is 18.6 Å². The number of imidazole rings is 1. The Kier molecular flexibility index (Phi) is 3.29. The highest BCUT2D eigenvalue weighted by molar-refractivity contribution is 5.53. The molecule has 0 bridgehead atoms. The zero-order valence-electron chi connectivity index (χ0n) is 11.4. The van der Waals surface area contributed by atoms with Crippen LogP contribution in [0.25, 0.3) is 11.4 Å². The van der Waals surface area contributed by atoms with E-state index >= 15 is 0 Å². The van der Waals surface area contributed by atoms with E-state index in [2.05, 4.69) is 15.3 Å². The molecule has 1 atom stereocenters. The van der Waals surface area contributed by atoms with Gasteiger partial charge >= 0.3 is 0 Å². The van der Waals surface area contributed by atoms with Crippen molar-refractivity contribution in [1.29, 1.82) is 0 Å². The van der Waals surface area contributed by atoms with Crippen LogP contribution in [-0.2, 0) is 7.05 Å². The van der Waals surface area contributed by atoms with Crippen LogP contribution in [0.5, 0.6) is 0 Å². The maximum Gasteiger partial charge on any atom is 0.107 e. The van der Waals surface area contributed by atoms with E-state index in [-0.39, 0.29) is 0 Å². The lowest BCUT2D eigenvalue weighted by Crippen LogP contribution is -2.29. The van der Waals surface area contributed by atoms with Crippen molar-refractivity contribution in [3.63, 3.8) is 0 Å². The van der Waals surface area contributed by atoms with Gasteiger partial charge in [-0.1, -0.05) is 0 Å². The van der Waals surface area contributed by atoms with Gasteiger partial charge in [0.1, 0.15) is 11.5 Å². The quantitative estimate of drug-likeness (QED) is 0.889. The molecule has 2 aromatic rings. The number of nitrogens with zero attached hydrogens (tertiary/aromatic N) is 4. The first kappa shape index (κ1) is 12.3. The van der Waals surface area contributed by atoms with Gasteiger partial charge in [-0.25, -0.2) is 9.97 Å². The molecular weight excluding hydrogens is 238 g/mol. The van der Waals surface area contributed by atoms with Gasteiger partial charge < -0.3 is 9.88 Å². The normalized spacial score (nSPS) is 19.6. The summed E-state index contributed by atoms with van der Waals surface area (Å²) < 4.78 is 2.05. The molecule has 0 saturated carbocycles. The standard InChI is InChI=1S/C14H19N5/c1-10-17-9-14(19(10)2)13-8-16-7-12(18-13)11-4-3-5-15-6-11/h7-9,11,15H,3-6H2,1-2H3. The predicted molar refractivity (Wildman–Crippen MR) is 73.8 cm³/mol. The Balaban J connectivity index is 1.93. The second-order valence-electron chi connectivity index (χ2n) is 5.12. The van der Waals surface area contributed by atoms with Gasteiger partial charge in [0.25, 0.3) is 0 Å². The van der Waals surface area contributed by atoms with Crippen LogP contribution in [0.4, 0.5) is 0 Å². The number of aromatic nitrogens is 4. The van der Waals surface area contributed by atoms with E-state index in [4.69, 9.17) is 4.98 Å². The van der Waals surface area contributed by atoms with E-state index in [1.165, 1.54) is 12.8 Å². The molecule has 19 heavy (non-hydrogen) atoms. The molecule has 0 spiro atoms. The summed E-state index contributed by atoms with van der Waals surface area (Å²) in [5, 5.41) is 3.42. The molecule has 1 N–H and O–H groups in total. The summed E-state index contributed by atoms with van der Waals surface area (Å²) in [6.45, 7) is 4.11. The van der Waals surface area contributed by atoms with Gasteiger partial charge in [-0.2, -0.15) is 0 Å². The summed E-state index contributed by atoms with van der Waals surface area (Å²) in [6.07, 6.45) is 7.97. The van der Waals surface area contributed by atoms with Crippen molar-refractivity contribution in [3.05, 3.63) is 30.1 Å². The minimum absolute atomic E-state index is 0.482. The topological polar surface area (TPSA) is 55.6 Å². The summed E-state index contributed by atoms with van der Waals surface area (Å²) in [5.74, 6) is 1.47. The highest BCUT2D eigenvalue weighted by atomic mass is 15.1. The molecule has 0 aliphatic carbocycles. The van der Waals surface area contributed by atoms with Crippen molar-refractivity contribution in [3.8, 4) is 11.4 Å². The highest BCUT2D eigenvalue weighted by Crippen LogP contribution is 2.23. The third-order valence-electron chi connectivity index (χ3n) is 3.85. The van der Waals surface area contributed by atoms with Crippen LogP contribution in [0.3, 0.4) is 0 Å². The van der Waals surface area contributed by atoms with Crippen molar-refractivity contribution < 1.29 is 0 Å². The third kappa shape index (κ3) is 2.38. The first-order valence-electron chi connectivity index (χ1n) is 6.77. The molecule has 2 aromatic heterocycles. The highest BCUT2D eigenvalue weighted by Gasteiger charge is 2.18. The Bertz CT molecular complexity index is 569. The number of aryl methyl sites for hydroxylation is 1. The largest absolute Gasteiger partial charge is 0.330 e. The Morgan fingerprint density at radius 3 is 2.89 bits per heavy atom. The van der Waals surface area contributed by atoms with Gasteiger partial charge in [0.05, 0.1) is 23.8 Å². The van der Waals surface area contributed by atoms with Gasteiger partial charge in [0.15, 0.2) is 0 Å². The summed E-state index contributed by atoms with van der Waals surface area (Å²) in [7, 11) is 2.01. The van der Waals surface area contributed by atoms with Gasteiger partial charge in [-0.15, -0.1) is 0 Å². The monoisotopic (exact) mass is 257 g/mol. The fourth-order valence-electron chi connectivity index (χ4n) is 2.55. The van der Waals surface area contributed by atoms with E-state index < -0.39 is 0 Å². The molecule has 1 aliphatic heterocycles. The van der Waals surface area contributed by atoms with E-state index in [1.807, 2.05) is 37.1 Å². The fourth-order valence-corrected chi connectivity index (χ4v) is 2.55. The van der Waals surface area contributed by atoms with E-state index in [1.54, 1.807) is 0 Å². The van der Waals surface area contributed by atoms with Crippen molar-refractivity contribution >= 4 is 0 Å². The Morgan fingerprint density at radius 2 is 2.21 bits per heavy atom. The number of rotatable bonds is 2. The number of hydrogen-bond acceptors (Lipinski definition) is 4. The first-order valence-corrected chi connectivity index (χ1v) is 6.77. The molecule has 1 unspecified atom stereocenters. The maximum atomic E-state index is 4.78. The molecule has 1 fully saturated rings. The second kappa shape index (κ2) is 5.09. The SMILES string of the molecule is Cc1ncc(-c2cncc(C3CCCNC3)n2)n1C. The summed E-state index contributed by atoms with van der Waals surface area (Å²) >= 11 is 0. The minimum atomic E-state index is 0.482. The molecule has 3 rings (SSSR count). The van der Waals surface area contributed by atoms with E-state index in [0.29, 0.717) is 5.92 Å². The molecular formula is C14H19N5. The lowest BCUT2D eigenvalue weighted by molar-refractivity contribution is 0.454. The van der Waals surface area contributed by atoms with Crippen LogP contribution in [0.1, 0.15) is 30.3 Å². The second-order valence-corrected chi connectivity index (χ2v) is 5.12. The van der Waals surface area contributed by atoms with Gasteiger partial charge in [0.2, 0.25) is 0 Å². The fraction of sp³-hybridized carbons (Fsp3) is 0.500. The lowest BCUT2D eigenvalue weighted by atomic mass is 9.96. The van der Waals surface area contributed by atoms with Crippen LogP contribution >= 0.6 is 0 Å². The Labute approximate surface area is 113 Å². The number of nitrogens with one attached hydrogen (secondary N) is 1. The Morgan fingerprint density at radius 1 is 1.32 bits per heavy atom. The lowest BCUT2D eigenvalue weighted by Gasteiger charge is -2.22. The smallest absolute Gasteiger partial charge is 0.107 e. The average Bonchev–Trinajstić information content (AvgIpc) is 2.80. The first-order chi connectivity index (χ1) is 9.25. The number of hydrogen-bond donors (Lipinski definition) is 1. The molecule has 0 aromatic carbocycles. The minimum Gasteiger partial charge on any atom is -0.330 e. The van der Waals surface area contributed by atoms with Crippen LogP contribution in [0, 0.1) is 6.92 Å². The van der Waals surface area contributed by atoms with Gasteiger partial charge in [0, 0.05) is 25.7 Å². The van der Waals surface area contributed by atoms with E-state index in [0.717, 1.165) is 36.0 Å². The predicted octanol–water partition coefficient (Wildman–Crippen LogP) is 1.65. The average molecular weight is 257 g/mol. The van der Waals surface area contributed by atoms with E-state index in [9.17, 15) is 0 Å². The summed E-state index contributed by atoms with van der Waals surface area (Å²) in [4.78, 5) is 13.5. The molecule has 1 saturated heterocycles.